The van der Waals surface area contributed by atoms with Crippen molar-refractivity contribution in [3.05, 3.63) is 50.5 Å². The molecule has 7 nitrogen and oxygen atoms in total. The van der Waals surface area contributed by atoms with E-state index in [0.717, 1.165) is 15.9 Å². The number of benzene rings is 2. The molecule has 0 saturated heterocycles. The molecule has 3 aromatic heterocycles. The summed E-state index contributed by atoms with van der Waals surface area (Å²) in [4.78, 5) is 28.7. The van der Waals surface area contributed by atoms with Crippen molar-refractivity contribution >= 4 is 43.8 Å². The van der Waals surface area contributed by atoms with Crippen LogP contribution in [-0.4, -0.2) is 24.9 Å². The maximum atomic E-state index is 12.8. The molecule has 0 unspecified atom stereocenters. The molecular weight excluding hydrogens is 316 g/mol. The van der Waals surface area contributed by atoms with E-state index in [4.69, 9.17) is 0 Å². The van der Waals surface area contributed by atoms with Crippen LogP contribution in [0.3, 0.4) is 0 Å². The van der Waals surface area contributed by atoms with Crippen molar-refractivity contribution in [2.75, 3.05) is 0 Å². The Morgan fingerprint density at radius 3 is 2.57 bits per heavy atom. The second-order valence-electron chi connectivity index (χ2n) is 5.15. The smallest absolute Gasteiger partial charge is 0.278 e. The monoisotopic (exact) mass is 322 g/mol. The number of pyridine rings is 1. The van der Waals surface area contributed by atoms with Crippen LogP contribution in [0.1, 0.15) is 0 Å². The molecule has 3 heterocycles. The van der Waals surface area contributed by atoms with Crippen LogP contribution in [-0.2, 0) is 0 Å². The summed E-state index contributed by atoms with van der Waals surface area (Å²) in [7, 11) is 0. The average molecular weight is 322 g/mol. The first-order valence-corrected chi connectivity index (χ1v) is 7.57. The molecule has 0 atom stereocenters. The SMILES string of the molecule is O=c1nc2ccc3c(O)n(-c4nncs4)c(=O)c4ccc1c2c34. The van der Waals surface area contributed by atoms with Gasteiger partial charge in [0.15, 0.2) is 0 Å². The molecule has 110 valence electrons. The van der Waals surface area contributed by atoms with Crippen molar-refractivity contribution in [1.29, 1.82) is 0 Å². The van der Waals surface area contributed by atoms with Crippen molar-refractivity contribution in [3.63, 3.8) is 0 Å². The lowest BCUT2D eigenvalue weighted by Crippen LogP contribution is -2.18. The molecule has 0 amide bonds. The molecule has 0 bridgehead atoms. The molecule has 5 rings (SSSR count). The summed E-state index contributed by atoms with van der Waals surface area (Å²) in [5.41, 5.74) is 1.27. The number of hydrogen-bond donors (Lipinski definition) is 1. The lowest BCUT2D eigenvalue weighted by Gasteiger charge is -2.11. The average Bonchev–Trinajstić information content (AvgIpc) is 3.17. The lowest BCUT2D eigenvalue weighted by molar-refractivity contribution is 0.443. The summed E-state index contributed by atoms with van der Waals surface area (Å²) in [6.45, 7) is 0. The minimum Gasteiger partial charge on any atom is -0.494 e. The molecule has 0 fully saturated rings. The van der Waals surface area contributed by atoms with E-state index in [2.05, 4.69) is 15.2 Å². The number of nitrogens with zero attached hydrogens (tertiary/aromatic N) is 4. The van der Waals surface area contributed by atoms with Crippen molar-refractivity contribution in [3.8, 4) is 11.0 Å². The van der Waals surface area contributed by atoms with Crippen LogP contribution in [0.5, 0.6) is 5.88 Å². The van der Waals surface area contributed by atoms with Gasteiger partial charge in [0, 0.05) is 21.5 Å². The molecule has 2 aromatic carbocycles. The zero-order chi connectivity index (χ0) is 15.7. The van der Waals surface area contributed by atoms with E-state index in [-0.39, 0.29) is 16.6 Å². The van der Waals surface area contributed by atoms with Gasteiger partial charge in [-0.3, -0.25) is 9.59 Å². The first-order valence-electron chi connectivity index (χ1n) is 6.69. The summed E-state index contributed by atoms with van der Waals surface area (Å²) in [6.07, 6.45) is 0. The van der Waals surface area contributed by atoms with Crippen LogP contribution in [0.15, 0.2) is 39.4 Å². The molecule has 0 aliphatic carbocycles. The lowest BCUT2D eigenvalue weighted by atomic mass is 10.00. The fourth-order valence-electron chi connectivity index (χ4n) is 3.06. The summed E-state index contributed by atoms with van der Waals surface area (Å²) in [6, 6.07) is 6.51. The fourth-order valence-corrected chi connectivity index (χ4v) is 3.62. The van der Waals surface area contributed by atoms with Crippen LogP contribution in [0.2, 0.25) is 0 Å². The number of aromatic hydroxyl groups is 1. The van der Waals surface area contributed by atoms with Gasteiger partial charge in [-0.1, -0.05) is 11.3 Å². The highest BCUT2D eigenvalue weighted by molar-refractivity contribution is 7.11. The Hall–Kier alpha value is -3.13. The topological polar surface area (TPSA) is 98.0 Å². The summed E-state index contributed by atoms with van der Waals surface area (Å²) in [5, 5.41) is 20.9. The number of hydrogen-bond acceptors (Lipinski definition) is 7. The first kappa shape index (κ1) is 12.4. The Labute approximate surface area is 130 Å². The maximum absolute atomic E-state index is 12.8. The van der Waals surface area contributed by atoms with E-state index in [1.165, 1.54) is 5.51 Å². The van der Waals surface area contributed by atoms with Gasteiger partial charge in [-0.2, -0.15) is 0 Å². The van der Waals surface area contributed by atoms with E-state index < -0.39 is 5.56 Å². The molecule has 8 heteroatoms. The van der Waals surface area contributed by atoms with Gasteiger partial charge in [0.25, 0.3) is 11.1 Å². The predicted octanol–water partition coefficient (Wildman–Crippen LogP) is 1.48. The minimum absolute atomic E-state index is 0.220. The summed E-state index contributed by atoms with van der Waals surface area (Å²) in [5.74, 6) is -0.220. The predicted molar refractivity (Wildman–Crippen MR) is 86.1 cm³/mol. The highest BCUT2D eigenvalue weighted by atomic mass is 32.1. The minimum atomic E-state index is -0.408. The second-order valence-corrected chi connectivity index (χ2v) is 5.96. The third-order valence-corrected chi connectivity index (χ3v) is 4.69. The van der Waals surface area contributed by atoms with Gasteiger partial charge >= 0.3 is 0 Å². The second kappa shape index (κ2) is 3.99. The highest BCUT2D eigenvalue weighted by Gasteiger charge is 2.21. The summed E-state index contributed by atoms with van der Waals surface area (Å²) < 4.78 is 1.13. The van der Waals surface area contributed by atoms with Gasteiger partial charge in [0.2, 0.25) is 11.0 Å². The maximum Gasteiger partial charge on any atom is 0.278 e. The van der Waals surface area contributed by atoms with Crippen molar-refractivity contribution in [1.82, 2.24) is 19.7 Å². The third kappa shape index (κ3) is 1.40. The zero-order valence-electron chi connectivity index (χ0n) is 11.3. The van der Waals surface area contributed by atoms with Crippen LogP contribution >= 0.6 is 11.3 Å². The Morgan fingerprint density at radius 1 is 1.00 bits per heavy atom. The summed E-state index contributed by atoms with van der Waals surface area (Å²) >= 11 is 1.15. The number of rotatable bonds is 1. The Kier molecular flexibility index (Phi) is 2.15. The van der Waals surface area contributed by atoms with Gasteiger partial charge in [-0.05, 0) is 24.3 Å². The van der Waals surface area contributed by atoms with Gasteiger partial charge in [0.05, 0.1) is 10.9 Å². The largest absolute Gasteiger partial charge is 0.494 e. The van der Waals surface area contributed by atoms with Gasteiger partial charge in [-0.25, -0.2) is 9.55 Å². The highest BCUT2D eigenvalue weighted by Crippen LogP contribution is 2.36. The molecule has 0 saturated carbocycles. The standard InChI is InChI=1S/C15H6N4O3S/c20-12-6-1-2-7-10-8(3-4-9(17-12)11(6)10)14(22)19(13(7)21)15-18-16-5-23-15/h1-5,22H. The Balaban J connectivity index is 2.13. The van der Waals surface area contributed by atoms with Crippen LogP contribution in [0, 0.1) is 0 Å². The Morgan fingerprint density at radius 2 is 1.78 bits per heavy atom. The van der Waals surface area contributed by atoms with Crippen molar-refractivity contribution in [2.24, 2.45) is 0 Å². The van der Waals surface area contributed by atoms with E-state index in [1.54, 1.807) is 24.3 Å². The fraction of sp³-hybridized carbons (Fsp3) is 0. The quantitative estimate of drug-likeness (QED) is 0.502. The van der Waals surface area contributed by atoms with Gasteiger partial charge < -0.3 is 5.11 Å². The third-order valence-electron chi connectivity index (χ3n) is 4.02. The van der Waals surface area contributed by atoms with Crippen molar-refractivity contribution in [2.45, 2.75) is 0 Å². The van der Waals surface area contributed by atoms with Crippen molar-refractivity contribution < 1.29 is 5.11 Å². The Bertz CT molecular complexity index is 1310. The molecule has 23 heavy (non-hydrogen) atoms. The number of aromatic nitrogens is 4. The molecule has 5 aromatic rings. The zero-order valence-corrected chi connectivity index (χ0v) is 12.2. The van der Waals surface area contributed by atoms with Crippen LogP contribution in [0.4, 0.5) is 0 Å². The van der Waals surface area contributed by atoms with Gasteiger partial charge in [0.1, 0.15) is 5.51 Å². The first-order chi connectivity index (χ1) is 11.2. The van der Waals surface area contributed by atoms with E-state index in [0.29, 0.717) is 32.4 Å². The van der Waals surface area contributed by atoms with E-state index >= 15 is 0 Å². The van der Waals surface area contributed by atoms with E-state index in [9.17, 15) is 14.7 Å². The normalized spacial score (nSPS) is 12.0. The molecule has 0 aliphatic heterocycles. The molecule has 1 N–H and O–H groups in total. The van der Waals surface area contributed by atoms with Crippen LogP contribution < -0.4 is 11.1 Å². The molecule has 0 radical (unpaired) electrons. The van der Waals surface area contributed by atoms with E-state index in [1.807, 2.05) is 0 Å². The molecule has 0 spiro atoms. The van der Waals surface area contributed by atoms with Gasteiger partial charge in [-0.15, -0.1) is 10.2 Å². The molecular formula is C15H6N4O3S. The van der Waals surface area contributed by atoms with Crippen LogP contribution in [0.25, 0.3) is 37.6 Å². The molecule has 0 aliphatic rings.